The Labute approximate surface area is 135 Å². The van der Waals surface area contributed by atoms with Crippen LogP contribution in [0.4, 0.5) is 0 Å². The number of aromatic nitrogens is 2. The standard InChI is InChI=1S/C15H20N4O3S/c1-11-5-3-4-6-14(11)12(2)18-15(20)7-8-19-10-13(9-17-19)23(16,21)22/h3-6,9-10,12H,7-8H2,1-2H3,(H,18,20)(H2,16,21,22). The molecule has 2 aromatic rings. The van der Waals surface area contributed by atoms with Crippen LogP contribution < -0.4 is 10.5 Å². The Balaban J connectivity index is 1.90. The first-order valence-electron chi connectivity index (χ1n) is 7.17. The van der Waals surface area contributed by atoms with Crippen LogP contribution in [0.2, 0.25) is 0 Å². The van der Waals surface area contributed by atoms with Crippen LogP contribution in [-0.2, 0) is 21.4 Å². The van der Waals surface area contributed by atoms with Crippen molar-refractivity contribution in [3.05, 3.63) is 47.8 Å². The average Bonchev–Trinajstić information content (AvgIpc) is 2.94. The second kappa shape index (κ2) is 6.93. The van der Waals surface area contributed by atoms with Crippen LogP contribution in [0.25, 0.3) is 0 Å². The van der Waals surface area contributed by atoms with Gasteiger partial charge in [0.15, 0.2) is 0 Å². The highest BCUT2D eigenvalue weighted by molar-refractivity contribution is 7.89. The third kappa shape index (κ3) is 4.64. The van der Waals surface area contributed by atoms with Gasteiger partial charge in [-0.3, -0.25) is 9.48 Å². The number of nitrogens with zero attached hydrogens (tertiary/aromatic N) is 2. The van der Waals surface area contributed by atoms with E-state index in [4.69, 9.17) is 5.14 Å². The second-order valence-electron chi connectivity index (χ2n) is 5.38. The Morgan fingerprint density at radius 3 is 2.70 bits per heavy atom. The smallest absolute Gasteiger partial charge is 0.241 e. The predicted molar refractivity (Wildman–Crippen MR) is 86.0 cm³/mol. The van der Waals surface area contributed by atoms with Crippen LogP contribution in [0.1, 0.15) is 30.5 Å². The fourth-order valence-electron chi connectivity index (χ4n) is 2.29. The summed E-state index contributed by atoms with van der Waals surface area (Å²) >= 11 is 0. The van der Waals surface area contributed by atoms with Gasteiger partial charge in [-0.15, -0.1) is 0 Å². The number of nitrogens with two attached hydrogens (primary N) is 1. The minimum atomic E-state index is -3.76. The molecule has 1 amide bonds. The van der Waals surface area contributed by atoms with E-state index in [1.165, 1.54) is 17.1 Å². The van der Waals surface area contributed by atoms with Crippen LogP contribution >= 0.6 is 0 Å². The average molecular weight is 336 g/mol. The molecule has 1 aromatic heterocycles. The van der Waals surface area contributed by atoms with Gasteiger partial charge < -0.3 is 5.32 Å². The zero-order valence-corrected chi connectivity index (χ0v) is 13.9. The van der Waals surface area contributed by atoms with E-state index in [9.17, 15) is 13.2 Å². The zero-order valence-electron chi connectivity index (χ0n) is 13.1. The molecule has 23 heavy (non-hydrogen) atoms. The lowest BCUT2D eigenvalue weighted by atomic mass is 10.0. The molecule has 1 unspecified atom stereocenters. The highest BCUT2D eigenvalue weighted by Gasteiger charge is 2.13. The fraction of sp³-hybridized carbons (Fsp3) is 0.333. The minimum Gasteiger partial charge on any atom is -0.350 e. The molecule has 0 spiro atoms. The van der Waals surface area contributed by atoms with E-state index in [-0.39, 0.29) is 29.8 Å². The number of benzene rings is 1. The maximum atomic E-state index is 12.0. The summed E-state index contributed by atoms with van der Waals surface area (Å²) in [6.07, 6.45) is 2.68. The lowest BCUT2D eigenvalue weighted by Gasteiger charge is -2.16. The summed E-state index contributed by atoms with van der Waals surface area (Å²) in [5.41, 5.74) is 2.18. The number of sulfonamides is 1. The summed E-state index contributed by atoms with van der Waals surface area (Å²) < 4.78 is 23.7. The van der Waals surface area contributed by atoms with E-state index >= 15 is 0 Å². The molecule has 8 heteroatoms. The number of nitrogens with one attached hydrogen (secondary N) is 1. The largest absolute Gasteiger partial charge is 0.350 e. The molecule has 1 aromatic carbocycles. The van der Waals surface area contributed by atoms with Gasteiger partial charge in [0.05, 0.1) is 12.2 Å². The van der Waals surface area contributed by atoms with Crippen molar-refractivity contribution >= 4 is 15.9 Å². The fourth-order valence-corrected chi connectivity index (χ4v) is 2.76. The molecule has 124 valence electrons. The van der Waals surface area contributed by atoms with Crippen molar-refractivity contribution in [3.63, 3.8) is 0 Å². The van der Waals surface area contributed by atoms with Gasteiger partial charge in [0.1, 0.15) is 4.90 Å². The maximum Gasteiger partial charge on any atom is 0.241 e. The van der Waals surface area contributed by atoms with Gasteiger partial charge in [0, 0.05) is 19.2 Å². The maximum absolute atomic E-state index is 12.0. The van der Waals surface area contributed by atoms with E-state index in [2.05, 4.69) is 10.4 Å². The van der Waals surface area contributed by atoms with Gasteiger partial charge in [0.25, 0.3) is 0 Å². The molecule has 0 fully saturated rings. The van der Waals surface area contributed by atoms with Crippen LogP contribution in [0, 0.1) is 6.92 Å². The Morgan fingerprint density at radius 2 is 2.09 bits per heavy atom. The van der Waals surface area contributed by atoms with Gasteiger partial charge in [-0.1, -0.05) is 24.3 Å². The molecule has 0 saturated heterocycles. The van der Waals surface area contributed by atoms with Gasteiger partial charge >= 0.3 is 0 Å². The number of primary sulfonamides is 1. The lowest BCUT2D eigenvalue weighted by Crippen LogP contribution is -2.28. The van der Waals surface area contributed by atoms with Crippen molar-refractivity contribution in [2.75, 3.05) is 0 Å². The molecule has 7 nitrogen and oxygen atoms in total. The first kappa shape index (κ1) is 17.2. The van der Waals surface area contributed by atoms with Crippen LogP contribution in [0.5, 0.6) is 0 Å². The van der Waals surface area contributed by atoms with Crippen molar-refractivity contribution in [1.29, 1.82) is 0 Å². The summed E-state index contributed by atoms with van der Waals surface area (Å²) in [5, 5.41) is 11.8. The van der Waals surface area contributed by atoms with Gasteiger partial charge in [0.2, 0.25) is 15.9 Å². The van der Waals surface area contributed by atoms with Crippen molar-refractivity contribution in [2.24, 2.45) is 5.14 Å². The van der Waals surface area contributed by atoms with Crippen LogP contribution in [0.15, 0.2) is 41.6 Å². The van der Waals surface area contributed by atoms with Gasteiger partial charge in [-0.05, 0) is 25.0 Å². The number of amides is 1. The number of carbonyl (C=O) groups excluding carboxylic acids is 1. The molecule has 0 bridgehead atoms. The van der Waals surface area contributed by atoms with Crippen LogP contribution in [0.3, 0.4) is 0 Å². The molecule has 2 rings (SSSR count). The molecule has 0 aliphatic heterocycles. The monoisotopic (exact) mass is 336 g/mol. The number of hydrogen-bond acceptors (Lipinski definition) is 4. The quantitative estimate of drug-likeness (QED) is 0.824. The van der Waals surface area contributed by atoms with E-state index in [1.807, 2.05) is 38.1 Å². The zero-order chi connectivity index (χ0) is 17.0. The summed E-state index contributed by atoms with van der Waals surface area (Å²) in [6, 6.07) is 7.77. The van der Waals surface area contributed by atoms with Crippen molar-refractivity contribution in [1.82, 2.24) is 15.1 Å². The third-order valence-corrected chi connectivity index (χ3v) is 4.41. The van der Waals surface area contributed by atoms with E-state index in [0.717, 1.165) is 11.1 Å². The normalized spacial score (nSPS) is 12.8. The van der Waals surface area contributed by atoms with Gasteiger partial charge in [-0.25, -0.2) is 13.6 Å². The summed E-state index contributed by atoms with van der Waals surface area (Å²) in [5.74, 6) is -0.131. The highest BCUT2D eigenvalue weighted by Crippen LogP contribution is 2.16. The number of hydrogen-bond donors (Lipinski definition) is 2. The van der Waals surface area contributed by atoms with E-state index < -0.39 is 10.0 Å². The SMILES string of the molecule is Cc1ccccc1C(C)NC(=O)CCn1cc(S(N)(=O)=O)cn1. The summed E-state index contributed by atoms with van der Waals surface area (Å²) in [4.78, 5) is 12.0. The van der Waals surface area contributed by atoms with Gasteiger partial charge in [-0.2, -0.15) is 5.10 Å². The molecule has 0 saturated carbocycles. The third-order valence-electron chi connectivity index (χ3n) is 3.54. The predicted octanol–water partition coefficient (Wildman–Crippen LogP) is 1.11. The molecular formula is C15H20N4O3S. The summed E-state index contributed by atoms with van der Waals surface area (Å²) in [6.45, 7) is 4.20. The Morgan fingerprint density at radius 1 is 1.39 bits per heavy atom. The number of aryl methyl sites for hydroxylation is 2. The van der Waals surface area contributed by atoms with E-state index in [0.29, 0.717) is 0 Å². The van der Waals surface area contributed by atoms with E-state index in [1.54, 1.807) is 0 Å². The molecule has 3 N–H and O–H groups in total. The lowest BCUT2D eigenvalue weighted by molar-refractivity contribution is -0.122. The minimum absolute atomic E-state index is 0.0637. The van der Waals surface area contributed by atoms with Crippen molar-refractivity contribution in [3.8, 4) is 0 Å². The second-order valence-corrected chi connectivity index (χ2v) is 6.94. The topological polar surface area (TPSA) is 107 Å². The number of rotatable bonds is 6. The molecular weight excluding hydrogens is 316 g/mol. The summed E-state index contributed by atoms with van der Waals surface area (Å²) in [7, 11) is -3.76. The highest BCUT2D eigenvalue weighted by atomic mass is 32.2. The molecule has 0 aliphatic rings. The Hall–Kier alpha value is -2.19. The molecule has 1 atom stereocenters. The molecule has 1 heterocycles. The number of carbonyl (C=O) groups is 1. The Kier molecular flexibility index (Phi) is 5.17. The van der Waals surface area contributed by atoms with Crippen molar-refractivity contribution in [2.45, 2.75) is 37.8 Å². The molecule has 0 radical (unpaired) electrons. The van der Waals surface area contributed by atoms with Crippen molar-refractivity contribution < 1.29 is 13.2 Å². The first-order chi connectivity index (χ1) is 10.8. The molecule has 0 aliphatic carbocycles. The van der Waals surface area contributed by atoms with Crippen LogP contribution in [-0.4, -0.2) is 24.1 Å². The Bertz CT molecular complexity index is 799. The first-order valence-corrected chi connectivity index (χ1v) is 8.72.